The molecule has 0 heterocycles. The fourth-order valence-electron chi connectivity index (χ4n) is 1.21. The van der Waals surface area contributed by atoms with Crippen LogP contribution in [-0.4, -0.2) is 13.0 Å². The van der Waals surface area contributed by atoms with Gasteiger partial charge in [-0.25, -0.2) is 8.78 Å². The fourth-order valence-corrected chi connectivity index (χ4v) is 1.21. The predicted molar refractivity (Wildman–Crippen MR) is 52.2 cm³/mol. The van der Waals surface area contributed by atoms with Crippen LogP contribution in [0.5, 0.6) is 0 Å². The molecule has 0 saturated carbocycles. The molecule has 0 aliphatic carbocycles. The van der Waals surface area contributed by atoms with Crippen molar-refractivity contribution < 1.29 is 8.78 Å². The number of hydrogen-bond donors (Lipinski definition) is 1. The molecule has 0 fully saturated rings. The minimum atomic E-state index is -2.43. The van der Waals surface area contributed by atoms with E-state index >= 15 is 0 Å². The smallest absolute Gasteiger partial charge is 0.246 e. The Labute approximate surface area is 81.9 Å². The van der Waals surface area contributed by atoms with Gasteiger partial charge in [-0.05, 0) is 17.7 Å². The van der Waals surface area contributed by atoms with Crippen LogP contribution in [0.2, 0.25) is 0 Å². The first-order valence-corrected chi connectivity index (χ1v) is 4.23. The van der Waals surface area contributed by atoms with E-state index in [0.29, 0.717) is 11.1 Å². The van der Waals surface area contributed by atoms with Crippen LogP contribution in [0, 0.1) is 12.3 Å². The lowest BCUT2D eigenvalue weighted by Gasteiger charge is -2.13. The second kappa shape index (κ2) is 4.73. The molecule has 0 bridgehead atoms. The van der Waals surface area contributed by atoms with Crippen molar-refractivity contribution >= 4 is 0 Å². The lowest BCUT2D eigenvalue weighted by Crippen LogP contribution is -2.19. The molecule has 74 valence electrons. The van der Waals surface area contributed by atoms with E-state index in [0.717, 1.165) is 0 Å². The zero-order valence-electron chi connectivity index (χ0n) is 7.58. The van der Waals surface area contributed by atoms with Crippen molar-refractivity contribution in [3.63, 3.8) is 0 Å². The topological polar surface area (TPSA) is 26.0 Å². The van der Waals surface area contributed by atoms with Crippen LogP contribution in [0.1, 0.15) is 17.0 Å². The minimum Gasteiger partial charge on any atom is -0.330 e. The highest BCUT2D eigenvalue weighted by atomic mass is 19.3. The maximum atomic E-state index is 12.4. The first-order valence-electron chi connectivity index (χ1n) is 4.23. The van der Waals surface area contributed by atoms with Crippen molar-refractivity contribution in [2.24, 2.45) is 5.73 Å². The van der Waals surface area contributed by atoms with Gasteiger partial charge in [-0.2, -0.15) is 0 Å². The molecule has 1 rings (SSSR count). The highest BCUT2D eigenvalue weighted by Crippen LogP contribution is 2.22. The van der Waals surface area contributed by atoms with Crippen LogP contribution in [0.25, 0.3) is 0 Å². The van der Waals surface area contributed by atoms with E-state index in [1.165, 1.54) is 0 Å². The van der Waals surface area contributed by atoms with Gasteiger partial charge in [0.1, 0.15) is 0 Å². The summed E-state index contributed by atoms with van der Waals surface area (Å²) in [6.07, 6.45) is 2.71. The Morgan fingerprint density at radius 2 is 1.86 bits per heavy atom. The Kier molecular flexibility index (Phi) is 3.61. The molecule has 1 unspecified atom stereocenters. The number of nitrogens with two attached hydrogens (primary N) is 1. The summed E-state index contributed by atoms with van der Waals surface area (Å²) >= 11 is 0. The Bertz CT molecular complexity index is 324. The molecule has 0 radical (unpaired) electrons. The maximum absolute atomic E-state index is 12.4. The molecule has 14 heavy (non-hydrogen) atoms. The number of halogens is 2. The van der Waals surface area contributed by atoms with Gasteiger partial charge in [-0.3, -0.25) is 0 Å². The van der Waals surface area contributed by atoms with Gasteiger partial charge in [0, 0.05) is 12.1 Å². The standard InChI is InChI=1S/C11H11F2N/c1-2-8-3-5-9(6-4-8)10(7-14)11(12)13/h1,3-6,10-11H,7,14H2. The largest absolute Gasteiger partial charge is 0.330 e. The van der Waals surface area contributed by atoms with Gasteiger partial charge in [-0.15, -0.1) is 6.42 Å². The zero-order valence-corrected chi connectivity index (χ0v) is 7.58. The molecular weight excluding hydrogens is 184 g/mol. The summed E-state index contributed by atoms with van der Waals surface area (Å²) in [5, 5.41) is 0. The number of benzene rings is 1. The van der Waals surface area contributed by atoms with Crippen molar-refractivity contribution in [3.8, 4) is 12.3 Å². The molecule has 1 nitrogen and oxygen atoms in total. The normalized spacial score (nSPS) is 12.5. The monoisotopic (exact) mass is 195 g/mol. The summed E-state index contributed by atoms with van der Waals surface area (Å²) in [6.45, 7) is -0.0624. The van der Waals surface area contributed by atoms with Gasteiger partial charge < -0.3 is 5.73 Å². The fraction of sp³-hybridized carbons (Fsp3) is 0.273. The summed E-state index contributed by atoms with van der Waals surface area (Å²) < 4.78 is 24.9. The van der Waals surface area contributed by atoms with Gasteiger partial charge in [0.15, 0.2) is 0 Å². The van der Waals surface area contributed by atoms with Crippen LogP contribution in [0.3, 0.4) is 0 Å². The second-order valence-corrected chi connectivity index (χ2v) is 2.94. The van der Waals surface area contributed by atoms with Gasteiger partial charge in [0.2, 0.25) is 6.43 Å². The van der Waals surface area contributed by atoms with E-state index in [1.807, 2.05) is 0 Å². The SMILES string of the molecule is C#Cc1ccc(C(CN)C(F)F)cc1. The Morgan fingerprint density at radius 1 is 1.29 bits per heavy atom. The molecule has 1 aromatic carbocycles. The van der Waals surface area contributed by atoms with Crippen LogP contribution in [-0.2, 0) is 0 Å². The summed E-state index contributed by atoms with van der Waals surface area (Å²) in [7, 11) is 0. The number of alkyl halides is 2. The number of rotatable bonds is 3. The highest BCUT2D eigenvalue weighted by molar-refractivity contribution is 5.35. The third-order valence-electron chi connectivity index (χ3n) is 2.06. The van der Waals surface area contributed by atoms with E-state index < -0.39 is 12.3 Å². The molecule has 0 aliphatic rings. The van der Waals surface area contributed by atoms with Crippen molar-refractivity contribution in [2.75, 3.05) is 6.54 Å². The van der Waals surface area contributed by atoms with Crippen molar-refractivity contribution in [1.29, 1.82) is 0 Å². The lowest BCUT2D eigenvalue weighted by atomic mass is 9.99. The van der Waals surface area contributed by atoms with E-state index in [4.69, 9.17) is 12.2 Å². The Balaban J connectivity index is 2.90. The summed E-state index contributed by atoms with van der Waals surface area (Å²) in [5.74, 6) is 1.52. The van der Waals surface area contributed by atoms with Gasteiger partial charge in [0.25, 0.3) is 0 Å². The van der Waals surface area contributed by atoms with Gasteiger partial charge in [-0.1, -0.05) is 18.1 Å². The average Bonchev–Trinajstić information content (AvgIpc) is 2.19. The van der Waals surface area contributed by atoms with E-state index in [-0.39, 0.29) is 6.54 Å². The molecule has 0 aliphatic heterocycles. The highest BCUT2D eigenvalue weighted by Gasteiger charge is 2.20. The predicted octanol–water partition coefficient (Wildman–Crippen LogP) is 1.98. The van der Waals surface area contributed by atoms with Crippen LogP contribution in [0.15, 0.2) is 24.3 Å². The second-order valence-electron chi connectivity index (χ2n) is 2.94. The average molecular weight is 195 g/mol. The lowest BCUT2D eigenvalue weighted by molar-refractivity contribution is 0.117. The molecule has 0 spiro atoms. The van der Waals surface area contributed by atoms with Crippen molar-refractivity contribution in [2.45, 2.75) is 12.3 Å². The van der Waals surface area contributed by atoms with E-state index in [2.05, 4.69) is 5.92 Å². The van der Waals surface area contributed by atoms with Gasteiger partial charge in [0.05, 0.1) is 5.92 Å². The molecule has 1 aromatic rings. The van der Waals surface area contributed by atoms with Crippen molar-refractivity contribution in [3.05, 3.63) is 35.4 Å². The van der Waals surface area contributed by atoms with Crippen LogP contribution < -0.4 is 5.73 Å². The molecule has 1 atom stereocenters. The molecule has 0 aromatic heterocycles. The quantitative estimate of drug-likeness (QED) is 0.733. The summed E-state index contributed by atoms with van der Waals surface area (Å²) in [4.78, 5) is 0. The molecule has 0 amide bonds. The van der Waals surface area contributed by atoms with Gasteiger partial charge >= 0.3 is 0 Å². The molecular formula is C11H11F2N. The Morgan fingerprint density at radius 3 is 2.21 bits per heavy atom. The molecule has 2 N–H and O–H groups in total. The zero-order chi connectivity index (χ0) is 10.6. The minimum absolute atomic E-state index is 0.0624. The van der Waals surface area contributed by atoms with Crippen molar-refractivity contribution in [1.82, 2.24) is 0 Å². The van der Waals surface area contributed by atoms with Crippen LogP contribution in [0.4, 0.5) is 8.78 Å². The molecule has 0 saturated heterocycles. The number of terminal acetylenes is 1. The first kappa shape index (κ1) is 10.7. The third-order valence-corrected chi connectivity index (χ3v) is 2.06. The van der Waals surface area contributed by atoms with E-state index in [9.17, 15) is 8.78 Å². The Hall–Kier alpha value is -1.40. The number of hydrogen-bond acceptors (Lipinski definition) is 1. The van der Waals surface area contributed by atoms with E-state index in [1.54, 1.807) is 24.3 Å². The maximum Gasteiger partial charge on any atom is 0.246 e. The summed E-state index contributed by atoms with van der Waals surface area (Å²) in [6, 6.07) is 6.47. The van der Waals surface area contributed by atoms with Crippen LogP contribution >= 0.6 is 0 Å². The third kappa shape index (κ3) is 2.30. The molecule has 3 heteroatoms. The summed E-state index contributed by atoms with van der Waals surface area (Å²) in [5.41, 5.74) is 6.46. The first-order chi connectivity index (χ1) is 6.69.